The Labute approximate surface area is 110 Å². The van der Waals surface area contributed by atoms with Crippen LogP contribution in [0.4, 0.5) is 0 Å². The molecular weight excluding hydrogens is 250 g/mol. The number of hydrogen-bond donors (Lipinski definition) is 0. The molecule has 2 atom stereocenters. The van der Waals surface area contributed by atoms with Crippen molar-refractivity contribution in [2.45, 2.75) is 12.2 Å². The smallest absolute Gasteiger partial charge is 0.210 e. The molecule has 0 amide bonds. The molecule has 3 nitrogen and oxygen atoms in total. The minimum Gasteiger partial charge on any atom is -0.356 e. The second-order valence-corrected chi connectivity index (χ2v) is 4.77. The van der Waals surface area contributed by atoms with E-state index in [-0.39, 0.29) is 11.9 Å². The van der Waals surface area contributed by atoms with E-state index in [1.807, 2.05) is 43.6 Å². The van der Waals surface area contributed by atoms with Gasteiger partial charge in [0.1, 0.15) is 6.10 Å². The lowest BCUT2D eigenvalue weighted by molar-refractivity contribution is 0.0945. The summed E-state index contributed by atoms with van der Waals surface area (Å²) in [7, 11) is 1.85. The molecule has 1 aliphatic heterocycles. The monoisotopic (exact) mass is 261 g/mol. The van der Waals surface area contributed by atoms with Crippen LogP contribution in [0.25, 0.3) is 0 Å². The minimum atomic E-state index is -0.404. The summed E-state index contributed by atoms with van der Waals surface area (Å²) >= 11 is 6.09. The minimum absolute atomic E-state index is 0.00687. The molecule has 1 fully saturated rings. The van der Waals surface area contributed by atoms with Crippen LogP contribution in [0.2, 0.25) is 5.02 Å². The number of ketones is 1. The highest BCUT2D eigenvalue weighted by molar-refractivity contribution is 6.31. The van der Waals surface area contributed by atoms with E-state index >= 15 is 0 Å². The van der Waals surface area contributed by atoms with Crippen molar-refractivity contribution in [1.82, 2.24) is 4.57 Å². The molecule has 18 heavy (non-hydrogen) atoms. The molecule has 2 aromatic rings. The van der Waals surface area contributed by atoms with Crippen molar-refractivity contribution in [1.29, 1.82) is 0 Å². The first kappa shape index (κ1) is 11.5. The van der Waals surface area contributed by atoms with Crippen LogP contribution in [-0.2, 0) is 11.8 Å². The highest BCUT2D eigenvalue weighted by atomic mass is 35.5. The van der Waals surface area contributed by atoms with Gasteiger partial charge in [0.25, 0.3) is 0 Å². The summed E-state index contributed by atoms with van der Waals surface area (Å²) < 4.78 is 7.28. The number of nitrogens with zero attached hydrogens (tertiary/aromatic N) is 1. The number of carbonyl (C=O) groups excluding carboxylic acids is 1. The fourth-order valence-corrected chi connectivity index (χ4v) is 2.36. The van der Waals surface area contributed by atoms with Gasteiger partial charge in [-0.2, -0.15) is 0 Å². The molecule has 2 heterocycles. The van der Waals surface area contributed by atoms with Gasteiger partial charge < -0.3 is 9.30 Å². The van der Waals surface area contributed by atoms with Crippen LogP contribution in [0.1, 0.15) is 22.2 Å². The Morgan fingerprint density at radius 3 is 2.72 bits per heavy atom. The molecule has 0 radical (unpaired) electrons. The summed E-state index contributed by atoms with van der Waals surface area (Å²) in [6, 6.07) is 11.1. The number of rotatable bonds is 3. The van der Waals surface area contributed by atoms with E-state index in [9.17, 15) is 4.79 Å². The van der Waals surface area contributed by atoms with Crippen molar-refractivity contribution < 1.29 is 9.53 Å². The van der Waals surface area contributed by atoms with Crippen molar-refractivity contribution in [2.75, 3.05) is 0 Å². The van der Waals surface area contributed by atoms with Gasteiger partial charge in [0.2, 0.25) is 5.78 Å². The Morgan fingerprint density at radius 1 is 1.28 bits per heavy atom. The Bertz CT molecular complexity index is 605. The second kappa shape index (κ2) is 4.26. The summed E-state index contributed by atoms with van der Waals surface area (Å²) in [4.78, 5) is 12.2. The van der Waals surface area contributed by atoms with Gasteiger partial charge in [0, 0.05) is 23.8 Å². The number of benzene rings is 1. The number of Topliss-reactive ketones (excluding diaryl/α,β-unsaturated/α-hetero) is 1. The first-order valence-electron chi connectivity index (χ1n) is 5.74. The fourth-order valence-electron chi connectivity index (χ4n) is 2.12. The van der Waals surface area contributed by atoms with Gasteiger partial charge in [-0.05, 0) is 18.2 Å². The van der Waals surface area contributed by atoms with Gasteiger partial charge in [-0.1, -0.05) is 29.8 Å². The van der Waals surface area contributed by atoms with Gasteiger partial charge in [0.15, 0.2) is 6.10 Å². The number of ether oxygens (including phenoxy) is 1. The molecule has 3 rings (SSSR count). The number of hydrogen-bond acceptors (Lipinski definition) is 2. The number of carbonyl (C=O) groups is 1. The third-order valence-corrected chi connectivity index (χ3v) is 3.50. The lowest BCUT2D eigenvalue weighted by Gasteiger charge is -2.00. The maximum atomic E-state index is 12.2. The molecular formula is C14H12ClNO2. The summed E-state index contributed by atoms with van der Waals surface area (Å²) in [5.41, 5.74) is 1.54. The molecule has 1 saturated heterocycles. The van der Waals surface area contributed by atoms with E-state index in [1.54, 1.807) is 10.6 Å². The Morgan fingerprint density at radius 2 is 2.06 bits per heavy atom. The average molecular weight is 262 g/mol. The summed E-state index contributed by atoms with van der Waals surface area (Å²) in [5, 5.41) is 0.643. The topological polar surface area (TPSA) is 34.5 Å². The predicted octanol–water partition coefficient (Wildman–Crippen LogP) is 3.00. The molecule has 1 aromatic heterocycles. The van der Waals surface area contributed by atoms with E-state index in [0.29, 0.717) is 10.7 Å². The number of aromatic nitrogens is 1. The van der Waals surface area contributed by atoms with E-state index in [2.05, 4.69) is 0 Å². The van der Waals surface area contributed by atoms with Gasteiger partial charge in [-0.3, -0.25) is 4.79 Å². The van der Waals surface area contributed by atoms with Crippen molar-refractivity contribution in [3.05, 3.63) is 58.9 Å². The van der Waals surface area contributed by atoms with E-state index in [4.69, 9.17) is 16.3 Å². The zero-order valence-corrected chi connectivity index (χ0v) is 10.6. The maximum Gasteiger partial charge on any atom is 0.210 e. The molecule has 4 heteroatoms. The third kappa shape index (κ3) is 1.85. The first-order chi connectivity index (χ1) is 8.68. The van der Waals surface area contributed by atoms with Crippen molar-refractivity contribution >= 4 is 17.4 Å². The summed E-state index contributed by atoms with van der Waals surface area (Å²) in [6.07, 6.45) is 1.24. The first-order valence-corrected chi connectivity index (χ1v) is 6.11. The fraction of sp³-hybridized carbons (Fsp3) is 0.214. The maximum absolute atomic E-state index is 12.2. The molecule has 0 unspecified atom stereocenters. The predicted molar refractivity (Wildman–Crippen MR) is 68.8 cm³/mol. The zero-order chi connectivity index (χ0) is 12.7. The molecule has 92 valence electrons. The van der Waals surface area contributed by atoms with Crippen LogP contribution in [0, 0.1) is 0 Å². The number of epoxide rings is 1. The molecule has 0 N–H and O–H groups in total. The quantitative estimate of drug-likeness (QED) is 0.629. The van der Waals surface area contributed by atoms with Crippen molar-refractivity contribution in [3.8, 4) is 0 Å². The van der Waals surface area contributed by atoms with E-state index in [0.717, 1.165) is 5.56 Å². The molecule has 0 saturated carbocycles. The van der Waals surface area contributed by atoms with E-state index in [1.165, 1.54) is 0 Å². The largest absolute Gasteiger partial charge is 0.356 e. The van der Waals surface area contributed by atoms with Gasteiger partial charge in [-0.15, -0.1) is 0 Å². The molecule has 0 bridgehead atoms. The number of halogens is 1. The normalized spacial score (nSPS) is 21.9. The lowest BCUT2D eigenvalue weighted by atomic mass is 10.1. The Balaban J connectivity index is 1.81. The highest BCUT2D eigenvalue weighted by Gasteiger charge is 2.47. The third-order valence-electron chi connectivity index (χ3n) is 3.16. The van der Waals surface area contributed by atoms with Gasteiger partial charge in [0.05, 0.1) is 5.69 Å². The van der Waals surface area contributed by atoms with Crippen LogP contribution in [0.15, 0.2) is 42.6 Å². The van der Waals surface area contributed by atoms with Gasteiger partial charge in [-0.25, -0.2) is 0 Å². The summed E-state index contributed by atoms with van der Waals surface area (Å²) in [6.45, 7) is 0. The van der Waals surface area contributed by atoms with Crippen molar-refractivity contribution in [2.24, 2.45) is 7.05 Å². The highest BCUT2D eigenvalue weighted by Crippen LogP contribution is 2.43. The van der Waals surface area contributed by atoms with Crippen LogP contribution in [0.5, 0.6) is 0 Å². The zero-order valence-electron chi connectivity index (χ0n) is 9.84. The molecule has 0 spiro atoms. The van der Waals surface area contributed by atoms with Crippen LogP contribution in [0.3, 0.4) is 0 Å². The SMILES string of the molecule is Cn1cccc1C(=O)[C@H]1O[C@@H]1c1ccccc1Cl. The van der Waals surface area contributed by atoms with Crippen LogP contribution in [-0.4, -0.2) is 16.5 Å². The lowest BCUT2D eigenvalue weighted by Crippen LogP contribution is -2.12. The second-order valence-electron chi connectivity index (χ2n) is 4.37. The van der Waals surface area contributed by atoms with Crippen LogP contribution < -0.4 is 0 Å². The number of aryl methyl sites for hydroxylation is 1. The standard InChI is InChI=1S/C14H12ClNO2/c1-16-8-4-7-11(16)12(17)14-13(18-14)9-5-2-3-6-10(9)15/h2-8,13-14H,1H3/t13-,14-/m1/s1. The molecule has 1 aliphatic rings. The molecule has 1 aromatic carbocycles. The molecule has 0 aliphatic carbocycles. The summed E-state index contributed by atoms with van der Waals surface area (Å²) in [5.74, 6) is 0.00687. The van der Waals surface area contributed by atoms with Crippen LogP contribution >= 0.6 is 11.6 Å². The Kier molecular flexibility index (Phi) is 2.73. The average Bonchev–Trinajstić information content (AvgIpc) is 3.04. The van der Waals surface area contributed by atoms with Crippen molar-refractivity contribution in [3.63, 3.8) is 0 Å². The van der Waals surface area contributed by atoms with Gasteiger partial charge >= 0.3 is 0 Å². The Hall–Kier alpha value is -1.58. The van der Waals surface area contributed by atoms with E-state index < -0.39 is 6.10 Å².